The number of para-hydroxylation sites is 1. The number of amides is 1. The van der Waals surface area contributed by atoms with Crippen molar-refractivity contribution in [2.45, 2.75) is 38.3 Å². The lowest BCUT2D eigenvalue weighted by Crippen LogP contribution is -2.72. The lowest BCUT2D eigenvalue weighted by Gasteiger charge is -2.39. The second kappa shape index (κ2) is 6.05. The Kier molecular flexibility index (Phi) is 4.99. The van der Waals surface area contributed by atoms with E-state index in [2.05, 4.69) is 0 Å². The van der Waals surface area contributed by atoms with E-state index in [1.165, 1.54) is 30.4 Å². The number of carbonyl (C=O) groups is 1. The molecule has 22 heavy (non-hydrogen) atoms. The van der Waals surface area contributed by atoms with E-state index in [0.29, 0.717) is 0 Å². The monoisotopic (exact) mass is 328 g/mol. The van der Waals surface area contributed by atoms with Crippen LogP contribution >= 0.6 is 0 Å². The van der Waals surface area contributed by atoms with Gasteiger partial charge >= 0.3 is 18.0 Å². The van der Waals surface area contributed by atoms with E-state index in [4.69, 9.17) is 0 Å². The first-order valence-corrected chi connectivity index (χ1v) is 6.23. The fraction of sp³-hybridized carbons (Fsp3) is 0.462. The Morgan fingerprint density at radius 2 is 1.55 bits per heavy atom. The third-order valence-corrected chi connectivity index (χ3v) is 2.97. The number of benzene rings is 1. The molecule has 0 aliphatic heterocycles. The quantitative estimate of drug-likeness (QED) is 0.653. The summed E-state index contributed by atoms with van der Waals surface area (Å²) < 4.78 is 79.1. The van der Waals surface area contributed by atoms with Crippen molar-refractivity contribution in [1.29, 1.82) is 0 Å². The van der Waals surface area contributed by atoms with Gasteiger partial charge in [0.1, 0.15) is 0 Å². The van der Waals surface area contributed by atoms with E-state index < -0.39 is 30.3 Å². The van der Waals surface area contributed by atoms with Gasteiger partial charge in [-0.3, -0.25) is 4.79 Å². The largest absolute Gasteiger partial charge is 0.439 e. The van der Waals surface area contributed by atoms with Crippen molar-refractivity contribution in [3.8, 4) is 0 Å². The number of hydrogen-bond acceptors (Lipinski definition) is 2. The van der Waals surface area contributed by atoms with Gasteiger partial charge in [0.15, 0.2) is 0 Å². The molecule has 0 unspecified atom stereocenters. The molecule has 0 radical (unpaired) electrons. The molecule has 0 heterocycles. The van der Waals surface area contributed by atoms with Crippen LogP contribution in [0.5, 0.6) is 0 Å². The maximum atomic E-state index is 13.2. The Hall–Kier alpha value is -1.93. The molecule has 2 N–H and O–H groups in total. The second-order valence-corrected chi connectivity index (χ2v) is 4.59. The zero-order chi connectivity index (χ0) is 17.2. The van der Waals surface area contributed by atoms with Gasteiger partial charge in [-0.1, -0.05) is 25.1 Å². The molecule has 0 aliphatic rings. The molecule has 0 fully saturated rings. The Labute approximate surface area is 122 Å². The normalized spacial score (nSPS) is 12.9. The third kappa shape index (κ3) is 3.45. The highest BCUT2D eigenvalue weighted by Gasteiger charge is 2.72. The predicted octanol–water partition coefficient (Wildman–Crippen LogP) is 3.75. The van der Waals surface area contributed by atoms with Crippen molar-refractivity contribution in [1.82, 2.24) is 5.32 Å². The van der Waals surface area contributed by atoms with Crippen LogP contribution in [0.2, 0.25) is 0 Å². The minimum Gasteiger partial charge on any atom is -0.347 e. The van der Waals surface area contributed by atoms with E-state index in [-0.39, 0.29) is 11.3 Å². The highest BCUT2D eigenvalue weighted by molar-refractivity contribution is 5.77. The number of hydrogen-bond donors (Lipinski definition) is 2. The van der Waals surface area contributed by atoms with Crippen LogP contribution in [0.15, 0.2) is 24.3 Å². The molecule has 3 nitrogen and oxygen atoms in total. The lowest BCUT2D eigenvalue weighted by atomic mass is 10.1. The molecule has 0 saturated heterocycles. The second-order valence-electron chi connectivity index (χ2n) is 4.59. The van der Waals surface area contributed by atoms with Crippen LogP contribution in [-0.4, -0.2) is 23.9 Å². The number of rotatable bonds is 4. The molecule has 0 saturated carbocycles. The lowest BCUT2D eigenvalue weighted by molar-refractivity contribution is -0.295. The molecule has 1 rings (SSSR count). The summed E-state index contributed by atoms with van der Waals surface area (Å²) in [6.07, 6.45) is -12.1. The van der Waals surface area contributed by atoms with Crippen LogP contribution in [0.1, 0.15) is 18.9 Å². The van der Waals surface area contributed by atoms with Crippen LogP contribution in [0.25, 0.3) is 0 Å². The van der Waals surface area contributed by atoms with Crippen molar-refractivity contribution in [2.75, 3.05) is 5.32 Å². The van der Waals surface area contributed by atoms with E-state index in [1.807, 2.05) is 0 Å². The van der Waals surface area contributed by atoms with Gasteiger partial charge in [-0.25, -0.2) is 0 Å². The van der Waals surface area contributed by atoms with E-state index in [1.54, 1.807) is 0 Å². The topological polar surface area (TPSA) is 41.1 Å². The van der Waals surface area contributed by atoms with Gasteiger partial charge in [0, 0.05) is 12.1 Å². The van der Waals surface area contributed by atoms with Crippen molar-refractivity contribution in [2.24, 2.45) is 0 Å². The summed E-state index contributed by atoms with van der Waals surface area (Å²) in [5.41, 5.74) is -4.76. The summed E-state index contributed by atoms with van der Waals surface area (Å²) in [5, 5.41) is 2.46. The molecule has 1 aromatic rings. The first kappa shape index (κ1) is 18.1. The minimum atomic E-state index is -5.79. The van der Waals surface area contributed by atoms with Gasteiger partial charge in [-0.05, 0) is 18.6 Å². The first-order valence-electron chi connectivity index (χ1n) is 6.23. The van der Waals surface area contributed by atoms with Crippen LogP contribution < -0.4 is 10.6 Å². The number of alkyl halides is 6. The number of carbonyl (C=O) groups excluding carboxylic acids is 1. The maximum absolute atomic E-state index is 13.2. The Bertz CT molecular complexity index is 524. The molecule has 1 amide bonds. The fourth-order valence-electron chi connectivity index (χ4n) is 1.69. The van der Waals surface area contributed by atoms with Crippen molar-refractivity contribution in [3.05, 3.63) is 29.8 Å². The van der Waals surface area contributed by atoms with Crippen molar-refractivity contribution >= 4 is 11.6 Å². The summed E-state index contributed by atoms with van der Waals surface area (Å²) in [4.78, 5) is 11.2. The smallest absolute Gasteiger partial charge is 0.347 e. The predicted molar refractivity (Wildman–Crippen MR) is 68.1 cm³/mol. The van der Waals surface area contributed by atoms with E-state index in [0.717, 1.165) is 18.3 Å². The van der Waals surface area contributed by atoms with Gasteiger partial charge in [0.25, 0.3) is 0 Å². The average Bonchev–Trinajstić information content (AvgIpc) is 2.37. The SMILES string of the molecule is CCC(=O)NC(Nc1ccccc1C)(C(F)(F)F)C(F)(F)F. The van der Waals surface area contributed by atoms with E-state index >= 15 is 0 Å². The molecule has 0 aromatic heterocycles. The standard InChI is InChI=1S/C13H14F6N2O/c1-3-10(22)21-11(12(14,15)16,13(17,18)19)20-9-7-5-4-6-8(9)2/h4-7,20H,3H2,1-2H3,(H,21,22). The van der Waals surface area contributed by atoms with Crippen LogP contribution in [0, 0.1) is 6.92 Å². The van der Waals surface area contributed by atoms with Gasteiger partial charge in [0.05, 0.1) is 0 Å². The molecule has 9 heteroatoms. The molecular formula is C13H14F6N2O. The number of nitrogens with one attached hydrogen (secondary N) is 2. The summed E-state index contributed by atoms with van der Waals surface area (Å²) in [7, 11) is 0. The fourth-order valence-corrected chi connectivity index (χ4v) is 1.69. The molecule has 0 spiro atoms. The molecule has 0 aliphatic carbocycles. The minimum absolute atomic E-state index is 0.172. The molecule has 1 aromatic carbocycles. The Morgan fingerprint density at radius 1 is 1.05 bits per heavy atom. The zero-order valence-electron chi connectivity index (χ0n) is 11.7. The summed E-state index contributed by atoms with van der Waals surface area (Å²) >= 11 is 0. The van der Waals surface area contributed by atoms with Gasteiger partial charge in [-0.15, -0.1) is 0 Å². The van der Waals surface area contributed by atoms with Crippen molar-refractivity contribution < 1.29 is 31.1 Å². The Morgan fingerprint density at radius 3 is 1.95 bits per heavy atom. The number of aryl methyl sites for hydroxylation is 1. The number of anilines is 1. The van der Waals surface area contributed by atoms with Gasteiger partial charge < -0.3 is 10.6 Å². The first-order chi connectivity index (χ1) is 9.94. The number of halogens is 6. The summed E-state index contributed by atoms with van der Waals surface area (Å²) in [5.74, 6) is -1.38. The van der Waals surface area contributed by atoms with Gasteiger partial charge in [0.2, 0.25) is 5.91 Å². The summed E-state index contributed by atoms with van der Waals surface area (Å²) in [6.45, 7) is 2.50. The van der Waals surface area contributed by atoms with Crippen LogP contribution in [0.4, 0.5) is 32.0 Å². The molecule has 124 valence electrons. The molecular weight excluding hydrogens is 314 g/mol. The maximum Gasteiger partial charge on any atom is 0.439 e. The molecule has 0 bridgehead atoms. The highest BCUT2D eigenvalue weighted by Crippen LogP contribution is 2.43. The zero-order valence-corrected chi connectivity index (χ0v) is 11.7. The molecule has 0 atom stereocenters. The van der Waals surface area contributed by atoms with Crippen LogP contribution in [-0.2, 0) is 4.79 Å². The Balaban J connectivity index is 3.43. The average molecular weight is 328 g/mol. The van der Waals surface area contributed by atoms with E-state index in [9.17, 15) is 31.1 Å². The van der Waals surface area contributed by atoms with Gasteiger partial charge in [-0.2, -0.15) is 26.3 Å². The van der Waals surface area contributed by atoms with Crippen molar-refractivity contribution in [3.63, 3.8) is 0 Å². The third-order valence-electron chi connectivity index (χ3n) is 2.97. The summed E-state index contributed by atoms with van der Waals surface area (Å²) in [6, 6.07) is 5.17. The highest BCUT2D eigenvalue weighted by atomic mass is 19.4. The van der Waals surface area contributed by atoms with Crippen LogP contribution in [0.3, 0.4) is 0 Å².